The third kappa shape index (κ3) is 5.27. The molecular formula is C18H21ClN2O2. The van der Waals surface area contributed by atoms with Crippen LogP contribution in [0.3, 0.4) is 0 Å². The predicted molar refractivity (Wildman–Crippen MR) is 93.0 cm³/mol. The van der Waals surface area contributed by atoms with Crippen molar-refractivity contribution in [2.24, 2.45) is 5.73 Å². The van der Waals surface area contributed by atoms with E-state index in [1.54, 1.807) is 12.1 Å². The number of nitrogens with one attached hydrogen (secondary N) is 1. The van der Waals surface area contributed by atoms with Crippen LogP contribution >= 0.6 is 11.6 Å². The van der Waals surface area contributed by atoms with Crippen LogP contribution in [0.15, 0.2) is 42.5 Å². The number of carbonyl (C=O) groups is 1. The molecule has 0 saturated carbocycles. The fourth-order valence-electron chi connectivity index (χ4n) is 2.13. The molecule has 0 atom stereocenters. The number of halogens is 1. The molecule has 2 aromatic rings. The average Bonchev–Trinajstić information content (AvgIpc) is 2.53. The summed E-state index contributed by atoms with van der Waals surface area (Å²) < 4.78 is 5.69. The van der Waals surface area contributed by atoms with Gasteiger partial charge in [0.15, 0.2) is 0 Å². The Labute approximate surface area is 141 Å². The molecule has 2 aromatic carbocycles. The third-order valence-corrected chi connectivity index (χ3v) is 3.56. The van der Waals surface area contributed by atoms with Gasteiger partial charge in [-0.05, 0) is 55.3 Å². The molecule has 0 radical (unpaired) electrons. The van der Waals surface area contributed by atoms with Gasteiger partial charge < -0.3 is 15.8 Å². The minimum atomic E-state index is -0.173. The Kier molecular flexibility index (Phi) is 6.44. The molecule has 1 amide bonds. The van der Waals surface area contributed by atoms with Gasteiger partial charge in [-0.2, -0.15) is 0 Å². The summed E-state index contributed by atoms with van der Waals surface area (Å²) in [4.78, 5) is 12.4. The van der Waals surface area contributed by atoms with Gasteiger partial charge >= 0.3 is 0 Å². The monoisotopic (exact) mass is 332 g/mol. The lowest BCUT2D eigenvalue weighted by Crippen LogP contribution is -2.23. The molecule has 122 valence electrons. The van der Waals surface area contributed by atoms with Crippen LogP contribution in [0.1, 0.15) is 27.9 Å². The molecule has 0 spiro atoms. The first-order chi connectivity index (χ1) is 11.1. The summed E-state index contributed by atoms with van der Waals surface area (Å²) in [5, 5.41) is 3.54. The summed E-state index contributed by atoms with van der Waals surface area (Å²) in [6.45, 7) is 3.43. The standard InChI is InChI=1S/C18H21ClN2O2/c1-13-6-7-16(17(10-13)23-9-3-8-20)18(22)21-12-14-4-2-5-15(19)11-14/h2,4-7,10-11H,3,8-9,12,20H2,1H3,(H,21,22). The van der Waals surface area contributed by atoms with E-state index < -0.39 is 0 Å². The first-order valence-electron chi connectivity index (χ1n) is 7.56. The molecule has 0 unspecified atom stereocenters. The van der Waals surface area contributed by atoms with Crippen LogP contribution in [0.25, 0.3) is 0 Å². The van der Waals surface area contributed by atoms with Gasteiger partial charge in [-0.3, -0.25) is 4.79 Å². The zero-order valence-corrected chi connectivity index (χ0v) is 13.9. The summed E-state index contributed by atoms with van der Waals surface area (Å²) in [5.74, 6) is 0.412. The number of benzene rings is 2. The molecule has 5 heteroatoms. The number of hydrogen-bond acceptors (Lipinski definition) is 3. The molecule has 0 heterocycles. The summed E-state index contributed by atoms with van der Waals surface area (Å²) in [6.07, 6.45) is 0.748. The van der Waals surface area contributed by atoms with Gasteiger partial charge in [0.2, 0.25) is 0 Å². The van der Waals surface area contributed by atoms with Crippen molar-refractivity contribution >= 4 is 17.5 Å². The molecule has 0 fully saturated rings. The van der Waals surface area contributed by atoms with Crippen LogP contribution in [0.5, 0.6) is 5.75 Å². The average molecular weight is 333 g/mol. The molecule has 23 heavy (non-hydrogen) atoms. The molecule has 2 rings (SSSR count). The lowest BCUT2D eigenvalue weighted by Gasteiger charge is -2.12. The fourth-order valence-corrected chi connectivity index (χ4v) is 2.34. The van der Waals surface area contributed by atoms with Crippen LogP contribution in [-0.2, 0) is 6.54 Å². The summed E-state index contributed by atoms with van der Waals surface area (Å²) >= 11 is 5.95. The van der Waals surface area contributed by atoms with E-state index in [9.17, 15) is 4.79 Å². The van der Waals surface area contributed by atoms with E-state index in [0.717, 1.165) is 17.5 Å². The van der Waals surface area contributed by atoms with Crippen LogP contribution in [-0.4, -0.2) is 19.1 Å². The molecular weight excluding hydrogens is 312 g/mol. The number of hydrogen-bond donors (Lipinski definition) is 2. The summed E-state index contributed by atoms with van der Waals surface area (Å²) in [7, 11) is 0. The van der Waals surface area contributed by atoms with Crippen molar-refractivity contribution in [2.45, 2.75) is 19.9 Å². The zero-order valence-electron chi connectivity index (χ0n) is 13.1. The van der Waals surface area contributed by atoms with Crippen molar-refractivity contribution in [2.75, 3.05) is 13.2 Å². The van der Waals surface area contributed by atoms with Gasteiger partial charge in [0, 0.05) is 11.6 Å². The van der Waals surface area contributed by atoms with Crippen molar-refractivity contribution in [1.29, 1.82) is 0 Å². The van der Waals surface area contributed by atoms with Gasteiger partial charge in [0.1, 0.15) is 5.75 Å². The Morgan fingerprint density at radius 1 is 1.26 bits per heavy atom. The number of aryl methyl sites for hydroxylation is 1. The van der Waals surface area contributed by atoms with Gasteiger partial charge in [-0.25, -0.2) is 0 Å². The van der Waals surface area contributed by atoms with E-state index in [0.29, 0.717) is 36.0 Å². The van der Waals surface area contributed by atoms with Crippen molar-refractivity contribution < 1.29 is 9.53 Å². The van der Waals surface area contributed by atoms with Crippen LogP contribution in [0, 0.1) is 6.92 Å². The van der Waals surface area contributed by atoms with Crippen LogP contribution in [0.2, 0.25) is 5.02 Å². The summed E-state index contributed by atoms with van der Waals surface area (Å²) in [5.41, 5.74) is 7.99. The topological polar surface area (TPSA) is 64.3 Å². The second kappa shape index (κ2) is 8.56. The lowest BCUT2D eigenvalue weighted by atomic mass is 10.1. The first kappa shape index (κ1) is 17.3. The van der Waals surface area contributed by atoms with E-state index in [1.165, 1.54) is 0 Å². The highest BCUT2D eigenvalue weighted by Crippen LogP contribution is 2.21. The zero-order chi connectivity index (χ0) is 16.7. The molecule has 0 aromatic heterocycles. The second-order valence-corrected chi connectivity index (χ2v) is 5.74. The van der Waals surface area contributed by atoms with Gasteiger partial charge in [0.25, 0.3) is 5.91 Å². The molecule has 3 N–H and O–H groups in total. The fraction of sp³-hybridized carbons (Fsp3) is 0.278. The molecule has 4 nitrogen and oxygen atoms in total. The van der Waals surface area contributed by atoms with Crippen LogP contribution in [0.4, 0.5) is 0 Å². The second-order valence-electron chi connectivity index (χ2n) is 5.30. The molecule has 0 aliphatic carbocycles. The highest BCUT2D eigenvalue weighted by Gasteiger charge is 2.12. The van der Waals surface area contributed by atoms with Crippen LogP contribution < -0.4 is 15.8 Å². The summed E-state index contributed by atoms with van der Waals surface area (Å²) in [6, 6.07) is 12.9. The van der Waals surface area contributed by atoms with Gasteiger partial charge in [-0.15, -0.1) is 0 Å². The highest BCUT2D eigenvalue weighted by molar-refractivity contribution is 6.30. The smallest absolute Gasteiger partial charge is 0.255 e. The Hall–Kier alpha value is -2.04. The minimum Gasteiger partial charge on any atom is -0.493 e. The number of nitrogens with two attached hydrogens (primary N) is 1. The van der Waals surface area contributed by atoms with E-state index in [4.69, 9.17) is 22.1 Å². The Morgan fingerprint density at radius 3 is 2.83 bits per heavy atom. The first-order valence-corrected chi connectivity index (χ1v) is 7.94. The van der Waals surface area contributed by atoms with E-state index in [1.807, 2.05) is 37.3 Å². The maximum Gasteiger partial charge on any atom is 0.255 e. The van der Waals surface area contributed by atoms with Crippen molar-refractivity contribution in [1.82, 2.24) is 5.32 Å². The predicted octanol–water partition coefficient (Wildman–Crippen LogP) is 3.31. The molecule has 0 aliphatic rings. The maximum atomic E-state index is 12.4. The minimum absolute atomic E-state index is 0.173. The Bertz CT molecular complexity index is 674. The van der Waals surface area contributed by atoms with Gasteiger partial charge in [0.05, 0.1) is 12.2 Å². The molecule has 0 saturated heterocycles. The Morgan fingerprint density at radius 2 is 2.09 bits per heavy atom. The van der Waals surface area contributed by atoms with Gasteiger partial charge in [-0.1, -0.05) is 29.8 Å². The molecule has 0 bridgehead atoms. The lowest BCUT2D eigenvalue weighted by molar-refractivity contribution is 0.0947. The number of carbonyl (C=O) groups excluding carboxylic acids is 1. The SMILES string of the molecule is Cc1ccc(C(=O)NCc2cccc(Cl)c2)c(OCCCN)c1. The number of amides is 1. The quantitative estimate of drug-likeness (QED) is 0.764. The molecule has 0 aliphatic heterocycles. The highest BCUT2D eigenvalue weighted by atomic mass is 35.5. The van der Waals surface area contributed by atoms with Crippen molar-refractivity contribution in [3.8, 4) is 5.75 Å². The normalized spacial score (nSPS) is 10.4. The largest absolute Gasteiger partial charge is 0.493 e. The van der Waals surface area contributed by atoms with Crippen molar-refractivity contribution in [3.05, 3.63) is 64.2 Å². The Balaban J connectivity index is 2.05. The third-order valence-electron chi connectivity index (χ3n) is 3.33. The maximum absolute atomic E-state index is 12.4. The van der Waals surface area contributed by atoms with E-state index in [-0.39, 0.29) is 5.91 Å². The van der Waals surface area contributed by atoms with E-state index in [2.05, 4.69) is 5.32 Å². The number of rotatable bonds is 7. The van der Waals surface area contributed by atoms with Crippen molar-refractivity contribution in [3.63, 3.8) is 0 Å². The number of ether oxygens (including phenoxy) is 1. The van der Waals surface area contributed by atoms with E-state index >= 15 is 0 Å².